The zero-order valence-corrected chi connectivity index (χ0v) is 25.2. The molecule has 304 valence electrons. The molecule has 1 fully saturated rings. The Labute approximate surface area is 280 Å². The average Bonchev–Trinajstić information content (AvgIpc) is 3.33. The zero-order valence-electron chi connectivity index (χ0n) is 25.2. The van der Waals surface area contributed by atoms with Crippen molar-refractivity contribution >= 4 is 17.8 Å². The Morgan fingerprint density at radius 3 is 1.30 bits per heavy atom. The van der Waals surface area contributed by atoms with Crippen molar-refractivity contribution in [2.75, 3.05) is 6.61 Å². The molecule has 1 aromatic carbocycles. The van der Waals surface area contributed by atoms with Gasteiger partial charge in [-0.25, -0.2) is 4.79 Å². The van der Waals surface area contributed by atoms with Crippen molar-refractivity contribution in [3.8, 4) is 5.75 Å². The molecule has 1 saturated heterocycles. The molecule has 0 aromatic heterocycles. The molecule has 1 aromatic rings. The molecule has 2 rings (SSSR count). The van der Waals surface area contributed by atoms with E-state index < -0.39 is 110 Å². The van der Waals surface area contributed by atoms with Gasteiger partial charge in [0.05, 0.1) is 12.2 Å². The van der Waals surface area contributed by atoms with Gasteiger partial charge in [-0.1, -0.05) is 0 Å². The lowest BCUT2D eigenvalue weighted by molar-refractivity contribution is -0.474. The predicted octanol–water partition coefficient (Wildman–Crippen LogP) is 9.13. The van der Waals surface area contributed by atoms with Gasteiger partial charge in [0.2, 0.25) is 0 Å². The minimum Gasteiger partial charge on any atom is -0.494 e. The molecule has 0 radical (unpaired) electrons. The molecule has 0 saturated carbocycles. The Hall–Kier alpha value is -3.84. The molecule has 0 unspecified atom stereocenters. The highest BCUT2D eigenvalue weighted by Crippen LogP contribution is 2.66. The van der Waals surface area contributed by atoms with E-state index in [4.69, 9.17) is 4.74 Å². The fraction of sp³-hybridized carbons (Fsp3) is 0.654. The standard InChI is InChI=1S/C26H18F21NO5/c27-17(28,10-2-1-3-11-52-13-6-4-12(5-7-13)16(51)53-48-14(49)8-9-15(48)50)18(29,30)19(31,32)20(33,34)21(35,36)22(37,38)23(39,40)24(41,42)25(43,44)26(45,46)47/h4-7H,1-3,8-11H2. The van der Waals surface area contributed by atoms with Gasteiger partial charge in [0.1, 0.15) is 5.75 Å². The van der Waals surface area contributed by atoms with Crippen LogP contribution in [0.15, 0.2) is 24.3 Å². The number of benzene rings is 1. The molecule has 0 spiro atoms. The van der Waals surface area contributed by atoms with Gasteiger partial charge in [-0.3, -0.25) is 9.59 Å². The highest BCUT2D eigenvalue weighted by molar-refractivity contribution is 6.02. The van der Waals surface area contributed by atoms with Crippen molar-refractivity contribution < 1.29 is 116 Å². The molecular weight excluding hydrogens is 805 g/mol. The summed E-state index contributed by atoms with van der Waals surface area (Å²) in [5.74, 6) is -80.1. The summed E-state index contributed by atoms with van der Waals surface area (Å²) in [4.78, 5) is 39.6. The van der Waals surface area contributed by atoms with Gasteiger partial charge < -0.3 is 9.57 Å². The van der Waals surface area contributed by atoms with E-state index in [0.29, 0.717) is 0 Å². The van der Waals surface area contributed by atoms with Gasteiger partial charge in [-0.15, -0.1) is 5.06 Å². The van der Waals surface area contributed by atoms with Crippen molar-refractivity contribution in [1.29, 1.82) is 0 Å². The molecule has 1 heterocycles. The van der Waals surface area contributed by atoms with E-state index in [-0.39, 0.29) is 29.2 Å². The van der Waals surface area contributed by atoms with Crippen LogP contribution in [0, 0.1) is 0 Å². The molecular formula is C26H18F21NO5. The summed E-state index contributed by atoms with van der Waals surface area (Å²) in [7, 11) is 0. The lowest BCUT2D eigenvalue weighted by atomic mass is 9.85. The van der Waals surface area contributed by atoms with E-state index in [1.807, 2.05) is 0 Å². The Morgan fingerprint density at radius 1 is 0.528 bits per heavy atom. The highest BCUT2D eigenvalue weighted by atomic mass is 19.4. The summed E-state index contributed by atoms with van der Waals surface area (Å²) in [6.45, 7) is -0.551. The number of halogens is 21. The average molecular weight is 823 g/mol. The first-order valence-electron chi connectivity index (χ1n) is 13.8. The van der Waals surface area contributed by atoms with Crippen LogP contribution < -0.4 is 4.74 Å². The number of ether oxygens (including phenoxy) is 1. The maximum atomic E-state index is 14.1. The lowest BCUT2D eigenvalue weighted by Gasteiger charge is -2.44. The van der Waals surface area contributed by atoms with E-state index in [1.165, 1.54) is 0 Å². The number of alkyl halides is 21. The molecule has 27 heteroatoms. The SMILES string of the molecule is O=C(ON1C(=O)CCC1=O)c1ccc(OCCCCCC(F)(F)C(F)(F)C(F)(F)C(F)(F)C(F)(F)C(F)(F)C(F)(F)C(F)(F)C(F)(F)C(F)(F)F)cc1. The third kappa shape index (κ3) is 7.35. The minimum absolute atomic E-state index is 0.114. The van der Waals surface area contributed by atoms with Crippen molar-refractivity contribution in [2.24, 2.45) is 0 Å². The predicted molar refractivity (Wildman–Crippen MR) is 127 cm³/mol. The van der Waals surface area contributed by atoms with E-state index in [9.17, 15) is 107 Å². The molecule has 1 aliphatic heterocycles. The van der Waals surface area contributed by atoms with Crippen LogP contribution in [0.2, 0.25) is 0 Å². The van der Waals surface area contributed by atoms with Gasteiger partial charge >= 0.3 is 65.4 Å². The fourth-order valence-corrected chi connectivity index (χ4v) is 4.04. The van der Waals surface area contributed by atoms with Crippen molar-refractivity contribution in [3.63, 3.8) is 0 Å². The van der Waals surface area contributed by atoms with Gasteiger partial charge in [0, 0.05) is 19.3 Å². The van der Waals surface area contributed by atoms with Crippen LogP contribution in [-0.4, -0.2) is 88.9 Å². The fourth-order valence-electron chi connectivity index (χ4n) is 4.04. The highest BCUT2D eigenvalue weighted by Gasteiger charge is 2.97. The number of carbonyl (C=O) groups is 3. The summed E-state index contributed by atoms with van der Waals surface area (Å²) in [5.41, 5.74) is -0.244. The smallest absolute Gasteiger partial charge is 0.460 e. The van der Waals surface area contributed by atoms with E-state index in [2.05, 4.69) is 4.84 Å². The van der Waals surface area contributed by atoms with Crippen LogP contribution in [0.1, 0.15) is 48.9 Å². The van der Waals surface area contributed by atoms with Crippen molar-refractivity contribution in [2.45, 2.75) is 98.0 Å². The number of imide groups is 1. The largest absolute Gasteiger partial charge is 0.494 e. The van der Waals surface area contributed by atoms with Crippen LogP contribution in [0.4, 0.5) is 92.2 Å². The third-order valence-corrected chi connectivity index (χ3v) is 7.25. The lowest BCUT2D eigenvalue weighted by Crippen LogP contribution is -2.76. The second-order valence-corrected chi connectivity index (χ2v) is 10.9. The number of carbonyl (C=O) groups excluding carboxylic acids is 3. The van der Waals surface area contributed by atoms with Crippen molar-refractivity contribution in [1.82, 2.24) is 5.06 Å². The number of rotatable bonds is 17. The first-order chi connectivity index (χ1) is 23.5. The number of nitrogens with zero attached hydrogens (tertiary/aromatic N) is 1. The van der Waals surface area contributed by atoms with Crippen LogP contribution in [0.3, 0.4) is 0 Å². The van der Waals surface area contributed by atoms with E-state index >= 15 is 0 Å². The molecule has 2 amide bonds. The number of amides is 2. The third-order valence-electron chi connectivity index (χ3n) is 7.25. The summed E-state index contributed by atoms with van der Waals surface area (Å²) < 4.78 is 288. The van der Waals surface area contributed by atoms with Crippen LogP contribution in [-0.2, 0) is 14.4 Å². The minimum atomic E-state index is -9.21. The normalized spacial score (nSPS) is 16.4. The van der Waals surface area contributed by atoms with E-state index in [0.717, 1.165) is 24.3 Å². The molecule has 0 aliphatic carbocycles. The number of hydrogen-bond donors (Lipinski definition) is 0. The first-order valence-corrected chi connectivity index (χ1v) is 13.8. The maximum absolute atomic E-state index is 14.1. The molecule has 0 atom stereocenters. The van der Waals surface area contributed by atoms with Gasteiger partial charge in [0.25, 0.3) is 11.8 Å². The Balaban J connectivity index is 2.11. The molecule has 53 heavy (non-hydrogen) atoms. The maximum Gasteiger partial charge on any atom is 0.460 e. The summed E-state index contributed by atoms with van der Waals surface area (Å²) in [6.07, 6.45) is -13.9. The quantitative estimate of drug-likeness (QED) is 0.0891. The Morgan fingerprint density at radius 2 is 0.906 bits per heavy atom. The number of hydroxylamine groups is 2. The number of unbranched alkanes of at least 4 members (excludes halogenated alkanes) is 2. The molecule has 1 aliphatic rings. The van der Waals surface area contributed by atoms with E-state index in [1.54, 1.807) is 0 Å². The Bertz CT molecular complexity index is 1490. The van der Waals surface area contributed by atoms with Gasteiger partial charge in [0.15, 0.2) is 0 Å². The molecule has 6 nitrogen and oxygen atoms in total. The molecule has 0 N–H and O–H groups in total. The topological polar surface area (TPSA) is 72.9 Å². The zero-order chi connectivity index (χ0) is 41.7. The monoisotopic (exact) mass is 823 g/mol. The summed E-state index contributed by atoms with van der Waals surface area (Å²) in [6, 6.07) is 4.15. The molecule has 0 bridgehead atoms. The number of hydrogen-bond acceptors (Lipinski definition) is 5. The van der Waals surface area contributed by atoms with Crippen LogP contribution in [0.5, 0.6) is 5.75 Å². The second-order valence-electron chi connectivity index (χ2n) is 10.9. The van der Waals surface area contributed by atoms with Crippen LogP contribution in [0.25, 0.3) is 0 Å². The summed E-state index contributed by atoms with van der Waals surface area (Å²) >= 11 is 0. The van der Waals surface area contributed by atoms with Crippen LogP contribution >= 0.6 is 0 Å². The second kappa shape index (κ2) is 14.1. The summed E-state index contributed by atoms with van der Waals surface area (Å²) in [5, 5.41) is 0.218. The van der Waals surface area contributed by atoms with Gasteiger partial charge in [-0.05, 0) is 43.5 Å². The Kier molecular flexibility index (Phi) is 12.1. The van der Waals surface area contributed by atoms with Gasteiger partial charge in [-0.2, -0.15) is 92.2 Å². The van der Waals surface area contributed by atoms with Crippen molar-refractivity contribution in [3.05, 3.63) is 29.8 Å². The first kappa shape index (κ1) is 45.3.